The van der Waals surface area contributed by atoms with Gasteiger partial charge in [0.1, 0.15) is 5.69 Å². The van der Waals surface area contributed by atoms with E-state index in [2.05, 4.69) is 4.98 Å². The molecule has 0 aromatic carbocycles. The van der Waals surface area contributed by atoms with Gasteiger partial charge in [-0.05, 0) is 31.4 Å². The first-order chi connectivity index (χ1) is 7.65. The summed E-state index contributed by atoms with van der Waals surface area (Å²) < 4.78 is 30.4. The molecular weight excluding hydrogens is 214 g/mol. The van der Waals surface area contributed by atoms with Gasteiger partial charge in [0.05, 0.1) is 18.4 Å². The molecule has 2 N–H and O–H groups in total. The van der Waals surface area contributed by atoms with Crippen molar-refractivity contribution in [1.82, 2.24) is 4.98 Å². The average molecular weight is 228 g/mol. The Balaban J connectivity index is 2.01. The van der Waals surface area contributed by atoms with E-state index in [0.29, 0.717) is 11.4 Å². The molecule has 0 saturated heterocycles. The van der Waals surface area contributed by atoms with E-state index in [1.54, 1.807) is 6.07 Å². The number of aromatic nitrogens is 1. The summed E-state index contributed by atoms with van der Waals surface area (Å²) in [6, 6.07) is 2.77. The minimum absolute atomic E-state index is 0.259. The lowest BCUT2D eigenvalue weighted by Crippen LogP contribution is -2.21. The number of nitrogens with zero attached hydrogens (tertiary/aromatic N) is 1. The van der Waals surface area contributed by atoms with Gasteiger partial charge in [0, 0.05) is 5.69 Å². The Kier molecular flexibility index (Phi) is 3.33. The Morgan fingerprint density at radius 2 is 2.19 bits per heavy atom. The number of alkyl halides is 2. The van der Waals surface area contributed by atoms with E-state index in [1.165, 1.54) is 12.5 Å². The SMILES string of the molecule is Nc1cc(COC2CCC2)nc(C(F)F)c1. The van der Waals surface area contributed by atoms with Crippen molar-refractivity contribution in [3.8, 4) is 0 Å². The average Bonchev–Trinajstić information content (AvgIpc) is 2.14. The molecule has 0 spiro atoms. The van der Waals surface area contributed by atoms with Crippen molar-refractivity contribution >= 4 is 5.69 Å². The summed E-state index contributed by atoms with van der Waals surface area (Å²) in [5.41, 5.74) is 6.01. The van der Waals surface area contributed by atoms with E-state index >= 15 is 0 Å². The lowest BCUT2D eigenvalue weighted by atomic mass is 9.96. The molecule has 16 heavy (non-hydrogen) atoms. The van der Waals surface area contributed by atoms with Gasteiger partial charge in [-0.1, -0.05) is 0 Å². The van der Waals surface area contributed by atoms with Gasteiger partial charge in [0.15, 0.2) is 0 Å². The van der Waals surface area contributed by atoms with Crippen LogP contribution >= 0.6 is 0 Å². The van der Waals surface area contributed by atoms with E-state index in [-0.39, 0.29) is 18.4 Å². The van der Waals surface area contributed by atoms with Crippen LogP contribution in [0.5, 0.6) is 0 Å². The van der Waals surface area contributed by atoms with E-state index in [1.807, 2.05) is 0 Å². The Labute approximate surface area is 92.6 Å². The van der Waals surface area contributed by atoms with Gasteiger partial charge in [0.25, 0.3) is 6.43 Å². The number of rotatable bonds is 4. The fraction of sp³-hybridized carbons (Fsp3) is 0.545. The van der Waals surface area contributed by atoms with Crippen LogP contribution in [0.3, 0.4) is 0 Å². The molecule has 3 nitrogen and oxygen atoms in total. The van der Waals surface area contributed by atoms with Crippen molar-refractivity contribution in [2.75, 3.05) is 5.73 Å². The summed E-state index contributed by atoms with van der Waals surface area (Å²) in [5, 5.41) is 0. The summed E-state index contributed by atoms with van der Waals surface area (Å²) >= 11 is 0. The van der Waals surface area contributed by atoms with Gasteiger partial charge in [-0.3, -0.25) is 0 Å². The third-order valence-corrected chi connectivity index (χ3v) is 2.66. The smallest absolute Gasteiger partial charge is 0.280 e. The quantitative estimate of drug-likeness (QED) is 0.861. The number of pyridine rings is 1. The molecule has 1 aliphatic rings. The Morgan fingerprint density at radius 3 is 2.75 bits per heavy atom. The highest BCUT2D eigenvalue weighted by atomic mass is 19.3. The van der Waals surface area contributed by atoms with E-state index in [9.17, 15) is 8.78 Å². The largest absolute Gasteiger partial charge is 0.399 e. The molecule has 1 aromatic rings. The second kappa shape index (κ2) is 4.74. The number of halogens is 2. The van der Waals surface area contributed by atoms with Gasteiger partial charge in [-0.15, -0.1) is 0 Å². The summed E-state index contributed by atoms with van der Waals surface area (Å²) in [4.78, 5) is 3.81. The molecule has 1 fully saturated rings. The highest BCUT2D eigenvalue weighted by Crippen LogP contribution is 2.24. The van der Waals surface area contributed by atoms with Crippen LogP contribution in [0.25, 0.3) is 0 Å². The molecule has 0 bridgehead atoms. The van der Waals surface area contributed by atoms with Crippen molar-refractivity contribution in [2.24, 2.45) is 0 Å². The molecule has 1 saturated carbocycles. The molecule has 2 rings (SSSR count). The molecular formula is C11H14F2N2O. The first kappa shape index (κ1) is 11.3. The first-order valence-corrected chi connectivity index (χ1v) is 5.31. The Hall–Kier alpha value is -1.23. The number of nitrogens with two attached hydrogens (primary N) is 1. The summed E-state index contributed by atoms with van der Waals surface area (Å²) in [5.74, 6) is 0. The molecule has 5 heteroatoms. The number of ether oxygens (including phenoxy) is 1. The molecule has 1 aromatic heterocycles. The Bertz CT molecular complexity index is 367. The molecule has 0 aliphatic heterocycles. The standard InChI is InChI=1S/C11H14F2N2O/c12-11(13)10-5-7(14)4-8(15-10)6-16-9-2-1-3-9/h4-5,9,11H,1-3,6H2,(H2,14,15). The van der Waals surface area contributed by atoms with E-state index in [4.69, 9.17) is 10.5 Å². The highest BCUT2D eigenvalue weighted by Gasteiger charge is 2.18. The zero-order valence-electron chi connectivity index (χ0n) is 8.83. The van der Waals surface area contributed by atoms with Gasteiger partial charge < -0.3 is 10.5 Å². The minimum Gasteiger partial charge on any atom is -0.399 e. The summed E-state index contributed by atoms with van der Waals surface area (Å²) in [7, 11) is 0. The van der Waals surface area contributed by atoms with Crippen LogP contribution in [0.1, 0.15) is 37.1 Å². The zero-order valence-corrected chi connectivity index (χ0v) is 8.83. The van der Waals surface area contributed by atoms with Gasteiger partial charge >= 0.3 is 0 Å². The number of hydrogen-bond acceptors (Lipinski definition) is 3. The van der Waals surface area contributed by atoms with Crippen LogP contribution in [0.15, 0.2) is 12.1 Å². The Morgan fingerprint density at radius 1 is 1.44 bits per heavy atom. The summed E-state index contributed by atoms with van der Waals surface area (Å²) in [6.45, 7) is 0.259. The first-order valence-electron chi connectivity index (χ1n) is 5.31. The third-order valence-electron chi connectivity index (χ3n) is 2.66. The topological polar surface area (TPSA) is 48.1 Å². The predicted octanol–water partition coefficient (Wildman–Crippen LogP) is 2.67. The lowest BCUT2D eigenvalue weighted by molar-refractivity contribution is -0.0103. The molecule has 0 amide bonds. The van der Waals surface area contributed by atoms with Crippen LogP contribution < -0.4 is 5.73 Å². The fourth-order valence-corrected chi connectivity index (χ4v) is 1.56. The van der Waals surface area contributed by atoms with Crippen LogP contribution in [0.2, 0.25) is 0 Å². The van der Waals surface area contributed by atoms with Crippen LogP contribution in [-0.2, 0) is 11.3 Å². The second-order valence-corrected chi connectivity index (χ2v) is 3.98. The summed E-state index contributed by atoms with van der Waals surface area (Å²) in [6.07, 6.45) is 0.940. The second-order valence-electron chi connectivity index (χ2n) is 3.98. The predicted molar refractivity (Wildman–Crippen MR) is 56.0 cm³/mol. The maximum atomic E-state index is 12.4. The normalized spacial score (nSPS) is 16.4. The van der Waals surface area contributed by atoms with E-state index < -0.39 is 6.43 Å². The van der Waals surface area contributed by atoms with Gasteiger partial charge in [-0.2, -0.15) is 0 Å². The van der Waals surface area contributed by atoms with Crippen molar-refractivity contribution < 1.29 is 13.5 Å². The molecule has 1 heterocycles. The third kappa shape index (κ3) is 2.66. The van der Waals surface area contributed by atoms with Gasteiger partial charge in [-0.25, -0.2) is 13.8 Å². The fourth-order valence-electron chi connectivity index (χ4n) is 1.56. The minimum atomic E-state index is -2.59. The van der Waals surface area contributed by atoms with Gasteiger partial charge in [0.2, 0.25) is 0 Å². The van der Waals surface area contributed by atoms with Crippen molar-refractivity contribution in [3.05, 3.63) is 23.5 Å². The monoisotopic (exact) mass is 228 g/mol. The molecule has 0 unspecified atom stereocenters. The molecule has 1 aliphatic carbocycles. The van der Waals surface area contributed by atoms with Crippen molar-refractivity contribution in [1.29, 1.82) is 0 Å². The molecule has 0 radical (unpaired) electrons. The van der Waals surface area contributed by atoms with Crippen LogP contribution in [0.4, 0.5) is 14.5 Å². The van der Waals surface area contributed by atoms with Crippen molar-refractivity contribution in [2.45, 2.75) is 38.4 Å². The van der Waals surface area contributed by atoms with E-state index in [0.717, 1.165) is 12.8 Å². The van der Waals surface area contributed by atoms with Crippen LogP contribution in [0, 0.1) is 0 Å². The number of anilines is 1. The lowest BCUT2D eigenvalue weighted by Gasteiger charge is -2.25. The van der Waals surface area contributed by atoms with Crippen LogP contribution in [-0.4, -0.2) is 11.1 Å². The molecule has 88 valence electrons. The molecule has 0 atom stereocenters. The van der Waals surface area contributed by atoms with Crippen molar-refractivity contribution in [3.63, 3.8) is 0 Å². The number of nitrogen functional groups attached to an aromatic ring is 1. The maximum Gasteiger partial charge on any atom is 0.280 e. The highest BCUT2D eigenvalue weighted by molar-refractivity contribution is 5.40. The maximum absolute atomic E-state index is 12.4. The zero-order chi connectivity index (χ0) is 11.5. The number of hydrogen-bond donors (Lipinski definition) is 1.